The number of aldehydes is 1. The average Bonchev–Trinajstić information content (AvgIpc) is 2.91. The van der Waals surface area contributed by atoms with Crippen molar-refractivity contribution in [3.05, 3.63) is 39.4 Å². The van der Waals surface area contributed by atoms with Crippen LogP contribution in [0.4, 0.5) is 10.8 Å². The van der Waals surface area contributed by atoms with E-state index in [9.17, 15) is 4.79 Å². The van der Waals surface area contributed by atoms with Gasteiger partial charge in [-0.15, -0.1) is 0 Å². The van der Waals surface area contributed by atoms with Crippen LogP contribution in [-0.4, -0.2) is 37.4 Å². The monoisotopic (exact) mass is 335 g/mol. The van der Waals surface area contributed by atoms with Crippen molar-refractivity contribution in [2.75, 3.05) is 36.0 Å². The highest BCUT2D eigenvalue weighted by Crippen LogP contribution is 2.30. The molecule has 0 aliphatic carbocycles. The normalized spacial score (nSPS) is 15.2. The van der Waals surface area contributed by atoms with E-state index in [1.807, 2.05) is 0 Å². The highest BCUT2D eigenvalue weighted by atomic mass is 35.5. The predicted molar refractivity (Wildman–Crippen MR) is 92.9 cm³/mol. The Morgan fingerprint density at radius 1 is 1.18 bits per heavy atom. The number of hydrogen-bond acceptors (Lipinski definition) is 5. The minimum atomic E-state index is 0.312. The topological polar surface area (TPSA) is 36.4 Å². The van der Waals surface area contributed by atoms with Crippen LogP contribution in [0.2, 0.25) is 5.15 Å². The summed E-state index contributed by atoms with van der Waals surface area (Å²) in [6, 6.07) is 6.57. The number of rotatable bonds is 3. The molecule has 0 amide bonds. The largest absolute Gasteiger partial charge is 0.368 e. The van der Waals surface area contributed by atoms with Gasteiger partial charge in [0.15, 0.2) is 16.6 Å². The van der Waals surface area contributed by atoms with Crippen molar-refractivity contribution in [2.45, 2.75) is 13.8 Å². The van der Waals surface area contributed by atoms with Gasteiger partial charge in [0.25, 0.3) is 0 Å². The fourth-order valence-electron chi connectivity index (χ4n) is 2.71. The maximum Gasteiger partial charge on any atom is 0.187 e. The van der Waals surface area contributed by atoms with E-state index in [0.29, 0.717) is 10.0 Å². The Morgan fingerprint density at radius 2 is 1.86 bits per heavy atom. The SMILES string of the molecule is Cc1ccc(C)c(N2CCN(c3nc(Cl)c(C=O)s3)CC2)c1. The Bertz CT molecular complexity index is 693. The number of piperazine rings is 1. The molecule has 22 heavy (non-hydrogen) atoms. The number of hydrogen-bond donors (Lipinski definition) is 0. The number of benzene rings is 1. The van der Waals surface area contributed by atoms with Gasteiger partial charge in [-0.05, 0) is 31.0 Å². The number of carbonyl (C=O) groups is 1. The third kappa shape index (κ3) is 2.96. The highest BCUT2D eigenvalue weighted by Gasteiger charge is 2.22. The van der Waals surface area contributed by atoms with E-state index in [1.165, 1.54) is 28.2 Å². The summed E-state index contributed by atoms with van der Waals surface area (Å²) in [5.41, 5.74) is 3.90. The lowest BCUT2D eigenvalue weighted by molar-refractivity contribution is 0.112. The van der Waals surface area contributed by atoms with Crippen molar-refractivity contribution in [1.82, 2.24) is 4.98 Å². The Hall–Kier alpha value is -1.59. The maximum atomic E-state index is 10.9. The van der Waals surface area contributed by atoms with Gasteiger partial charge in [-0.2, -0.15) is 0 Å². The summed E-state index contributed by atoms with van der Waals surface area (Å²) in [6.07, 6.45) is 0.774. The summed E-state index contributed by atoms with van der Waals surface area (Å²) < 4.78 is 0. The number of halogens is 1. The van der Waals surface area contributed by atoms with Gasteiger partial charge >= 0.3 is 0 Å². The van der Waals surface area contributed by atoms with Crippen LogP contribution in [0.15, 0.2) is 18.2 Å². The van der Waals surface area contributed by atoms with Gasteiger partial charge in [-0.25, -0.2) is 4.98 Å². The first-order chi connectivity index (χ1) is 10.6. The molecule has 0 saturated carbocycles. The van der Waals surface area contributed by atoms with Gasteiger partial charge in [-0.3, -0.25) is 4.79 Å². The van der Waals surface area contributed by atoms with E-state index in [0.717, 1.165) is 37.6 Å². The predicted octanol–water partition coefficient (Wildman–Crippen LogP) is 3.55. The second-order valence-corrected chi connectivity index (χ2v) is 6.90. The quantitative estimate of drug-likeness (QED) is 0.804. The van der Waals surface area contributed by atoms with E-state index < -0.39 is 0 Å². The summed E-state index contributed by atoms with van der Waals surface area (Å²) in [5.74, 6) is 0. The minimum absolute atomic E-state index is 0.312. The lowest BCUT2D eigenvalue weighted by Crippen LogP contribution is -2.46. The standard InChI is InChI=1S/C16H18ClN3OS/c1-11-3-4-12(2)13(9-11)19-5-7-20(8-6-19)16-18-15(17)14(10-21)22-16/h3-4,9-10H,5-8H2,1-2H3. The van der Waals surface area contributed by atoms with Crippen LogP contribution in [0.5, 0.6) is 0 Å². The molecule has 2 aromatic rings. The van der Waals surface area contributed by atoms with Crippen molar-refractivity contribution in [3.8, 4) is 0 Å². The fraction of sp³-hybridized carbons (Fsp3) is 0.375. The molecule has 0 bridgehead atoms. The molecule has 1 aromatic carbocycles. The zero-order valence-electron chi connectivity index (χ0n) is 12.7. The fourth-order valence-corrected chi connectivity index (χ4v) is 3.82. The summed E-state index contributed by atoms with van der Waals surface area (Å²) in [4.78, 5) is 20.3. The maximum absolute atomic E-state index is 10.9. The third-order valence-electron chi connectivity index (χ3n) is 3.96. The second-order valence-electron chi connectivity index (χ2n) is 5.53. The number of thiazole rings is 1. The first-order valence-electron chi connectivity index (χ1n) is 7.27. The van der Waals surface area contributed by atoms with Crippen molar-refractivity contribution < 1.29 is 4.79 Å². The Balaban J connectivity index is 1.72. The molecule has 2 heterocycles. The van der Waals surface area contributed by atoms with Crippen molar-refractivity contribution >= 4 is 40.0 Å². The summed E-state index contributed by atoms with van der Waals surface area (Å²) in [7, 11) is 0. The molecule has 1 fully saturated rings. The lowest BCUT2D eigenvalue weighted by atomic mass is 10.1. The van der Waals surface area contributed by atoms with Gasteiger partial charge < -0.3 is 9.80 Å². The summed E-state index contributed by atoms with van der Waals surface area (Å²) in [6.45, 7) is 7.93. The van der Waals surface area contributed by atoms with Crippen LogP contribution < -0.4 is 9.80 Å². The van der Waals surface area contributed by atoms with Crippen LogP contribution in [0.3, 0.4) is 0 Å². The molecule has 1 aliphatic heterocycles. The molecule has 0 spiro atoms. The molecule has 4 nitrogen and oxygen atoms in total. The molecular formula is C16H18ClN3OS. The Morgan fingerprint density at radius 3 is 2.50 bits per heavy atom. The van der Waals surface area contributed by atoms with Crippen LogP contribution in [0.25, 0.3) is 0 Å². The number of nitrogens with zero attached hydrogens (tertiary/aromatic N) is 3. The van der Waals surface area contributed by atoms with Gasteiger partial charge in [0.2, 0.25) is 0 Å². The molecule has 0 unspecified atom stereocenters. The van der Waals surface area contributed by atoms with Gasteiger partial charge in [-0.1, -0.05) is 35.1 Å². The van der Waals surface area contributed by atoms with E-state index in [4.69, 9.17) is 11.6 Å². The first kappa shape index (κ1) is 15.3. The number of anilines is 2. The lowest BCUT2D eigenvalue weighted by Gasteiger charge is -2.36. The number of aromatic nitrogens is 1. The van der Waals surface area contributed by atoms with Crippen molar-refractivity contribution in [2.24, 2.45) is 0 Å². The van der Waals surface area contributed by atoms with Gasteiger partial charge in [0.05, 0.1) is 0 Å². The minimum Gasteiger partial charge on any atom is -0.368 e. The van der Waals surface area contributed by atoms with E-state index in [2.05, 4.69) is 46.8 Å². The van der Waals surface area contributed by atoms with E-state index in [-0.39, 0.29) is 0 Å². The first-order valence-corrected chi connectivity index (χ1v) is 8.46. The highest BCUT2D eigenvalue weighted by molar-refractivity contribution is 7.17. The molecular weight excluding hydrogens is 318 g/mol. The second kappa shape index (κ2) is 6.26. The van der Waals surface area contributed by atoms with Crippen LogP contribution in [-0.2, 0) is 0 Å². The molecule has 0 N–H and O–H groups in total. The number of aryl methyl sites for hydroxylation is 2. The summed E-state index contributed by atoms with van der Waals surface area (Å²) >= 11 is 7.32. The zero-order valence-corrected chi connectivity index (χ0v) is 14.2. The van der Waals surface area contributed by atoms with Crippen LogP contribution >= 0.6 is 22.9 Å². The Kier molecular flexibility index (Phi) is 4.36. The van der Waals surface area contributed by atoms with E-state index in [1.54, 1.807) is 0 Å². The Labute approximate surface area is 139 Å². The van der Waals surface area contributed by atoms with E-state index >= 15 is 0 Å². The molecule has 6 heteroatoms. The van der Waals surface area contributed by atoms with Crippen LogP contribution in [0, 0.1) is 13.8 Å². The smallest absolute Gasteiger partial charge is 0.187 e. The molecule has 1 aromatic heterocycles. The average molecular weight is 336 g/mol. The molecule has 1 saturated heterocycles. The summed E-state index contributed by atoms with van der Waals surface area (Å²) in [5, 5.41) is 1.15. The van der Waals surface area contributed by atoms with Gasteiger partial charge in [0.1, 0.15) is 4.88 Å². The molecule has 3 rings (SSSR count). The number of carbonyl (C=O) groups excluding carboxylic acids is 1. The molecule has 116 valence electrons. The molecule has 0 atom stereocenters. The molecule has 0 radical (unpaired) electrons. The van der Waals surface area contributed by atoms with Crippen molar-refractivity contribution in [3.63, 3.8) is 0 Å². The molecule has 1 aliphatic rings. The third-order valence-corrected chi connectivity index (χ3v) is 5.40. The van der Waals surface area contributed by atoms with Crippen molar-refractivity contribution in [1.29, 1.82) is 0 Å². The van der Waals surface area contributed by atoms with Crippen LogP contribution in [0.1, 0.15) is 20.8 Å². The zero-order chi connectivity index (χ0) is 15.7. The van der Waals surface area contributed by atoms with Gasteiger partial charge in [0, 0.05) is 31.9 Å².